The van der Waals surface area contributed by atoms with Crippen molar-refractivity contribution in [2.75, 3.05) is 5.75 Å². The lowest BCUT2D eigenvalue weighted by Crippen LogP contribution is -2.34. The molecule has 0 saturated heterocycles. The molecular weight excluding hydrogens is 391 g/mol. The van der Waals surface area contributed by atoms with Crippen molar-refractivity contribution in [1.29, 1.82) is 0 Å². The van der Waals surface area contributed by atoms with Gasteiger partial charge in [0.05, 0.1) is 29.7 Å². The number of aromatic nitrogens is 1. The zero-order chi connectivity index (χ0) is 18.6. The lowest BCUT2D eigenvalue weighted by Gasteiger charge is -2.13. The molecule has 0 fully saturated rings. The van der Waals surface area contributed by atoms with E-state index in [9.17, 15) is 18.3 Å². The predicted molar refractivity (Wildman–Crippen MR) is 92.8 cm³/mol. The first-order valence-corrected chi connectivity index (χ1v) is 9.35. The van der Waals surface area contributed by atoms with Crippen molar-refractivity contribution in [2.45, 2.75) is 12.7 Å². The Hall–Kier alpha value is -1.71. The molecule has 1 unspecified atom stereocenters. The van der Waals surface area contributed by atoms with E-state index in [4.69, 9.17) is 28.3 Å². The molecule has 1 amide bonds. The maximum atomic E-state index is 12.1. The Morgan fingerprint density at radius 2 is 1.84 bits per heavy atom. The Bertz CT molecular complexity index is 852. The fourth-order valence-corrected chi connectivity index (χ4v) is 3.60. The van der Waals surface area contributed by atoms with E-state index in [2.05, 4.69) is 4.98 Å². The summed E-state index contributed by atoms with van der Waals surface area (Å²) in [6.45, 7) is -0.297. The highest BCUT2D eigenvalue weighted by Crippen LogP contribution is 2.24. The van der Waals surface area contributed by atoms with Crippen LogP contribution in [0.3, 0.4) is 0 Å². The number of benzene rings is 1. The molecule has 1 atom stereocenters. The van der Waals surface area contributed by atoms with Gasteiger partial charge >= 0.3 is 0 Å². The molecule has 2 rings (SSSR count). The van der Waals surface area contributed by atoms with Crippen LogP contribution >= 0.6 is 23.2 Å². The molecule has 0 spiro atoms. The summed E-state index contributed by atoms with van der Waals surface area (Å²) in [5.74, 6) is -1.65. The Kier molecular flexibility index (Phi) is 6.36. The van der Waals surface area contributed by atoms with Crippen LogP contribution in [-0.2, 0) is 16.6 Å². The zero-order valence-corrected chi connectivity index (χ0v) is 15.0. The van der Waals surface area contributed by atoms with Gasteiger partial charge in [-0.3, -0.25) is 9.78 Å². The van der Waals surface area contributed by atoms with Gasteiger partial charge in [-0.15, -0.1) is 0 Å². The molecule has 0 aliphatic rings. The van der Waals surface area contributed by atoms with Gasteiger partial charge in [0.2, 0.25) is 10.0 Å². The zero-order valence-electron chi connectivity index (χ0n) is 12.7. The highest BCUT2D eigenvalue weighted by atomic mass is 35.5. The molecule has 2 aromatic rings. The van der Waals surface area contributed by atoms with Crippen molar-refractivity contribution in [1.82, 2.24) is 9.71 Å². The maximum Gasteiger partial charge on any atom is 0.266 e. The first kappa shape index (κ1) is 19.6. The van der Waals surface area contributed by atoms with E-state index in [1.165, 1.54) is 30.3 Å². The van der Waals surface area contributed by atoms with E-state index in [1.807, 2.05) is 4.72 Å². The number of aliphatic hydroxyl groups is 2. The molecule has 0 radical (unpaired) electrons. The lowest BCUT2D eigenvalue weighted by molar-refractivity contribution is 0.0980. The summed E-state index contributed by atoms with van der Waals surface area (Å²) in [4.78, 5) is 15.8. The van der Waals surface area contributed by atoms with E-state index in [1.54, 1.807) is 0 Å². The Morgan fingerprint density at radius 3 is 2.36 bits per heavy atom. The maximum absolute atomic E-state index is 12.1. The number of amides is 1. The molecule has 1 heterocycles. The Balaban J connectivity index is 2.08. The molecule has 25 heavy (non-hydrogen) atoms. The van der Waals surface area contributed by atoms with Gasteiger partial charge in [0.15, 0.2) is 0 Å². The summed E-state index contributed by atoms with van der Waals surface area (Å²) in [7, 11) is -4.13. The Labute approximate surface area is 154 Å². The number of carbonyl (C=O) groups is 1. The number of nitrogens with zero attached hydrogens (tertiary/aromatic N) is 1. The van der Waals surface area contributed by atoms with E-state index in [0.717, 1.165) is 6.20 Å². The van der Waals surface area contributed by atoms with Crippen molar-refractivity contribution in [3.05, 3.63) is 63.4 Å². The van der Waals surface area contributed by atoms with Gasteiger partial charge in [-0.2, -0.15) is 0 Å². The monoisotopic (exact) mass is 404 g/mol. The van der Waals surface area contributed by atoms with Crippen LogP contribution in [0.5, 0.6) is 0 Å². The molecular formula is C15H14Cl2N2O5S. The number of pyridine rings is 1. The number of hydrogen-bond acceptors (Lipinski definition) is 6. The first-order valence-electron chi connectivity index (χ1n) is 6.95. The van der Waals surface area contributed by atoms with Gasteiger partial charge in [0, 0.05) is 16.2 Å². The van der Waals surface area contributed by atoms with Crippen LogP contribution in [0.1, 0.15) is 27.7 Å². The van der Waals surface area contributed by atoms with Gasteiger partial charge in [0.25, 0.3) is 5.91 Å². The van der Waals surface area contributed by atoms with Gasteiger partial charge in [-0.1, -0.05) is 23.2 Å². The van der Waals surface area contributed by atoms with Gasteiger partial charge in [-0.25, -0.2) is 13.1 Å². The molecule has 1 aromatic carbocycles. The molecule has 0 aliphatic heterocycles. The van der Waals surface area contributed by atoms with Crippen molar-refractivity contribution in [3.63, 3.8) is 0 Å². The third-order valence-electron chi connectivity index (χ3n) is 3.14. The van der Waals surface area contributed by atoms with E-state index >= 15 is 0 Å². The van der Waals surface area contributed by atoms with Crippen molar-refractivity contribution >= 4 is 39.1 Å². The van der Waals surface area contributed by atoms with Crippen molar-refractivity contribution in [3.8, 4) is 0 Å². The standard InChI is InChI=1S/C15H14Cl2N2O5S/c16-11-3-10(4-12(17)5-11)14(21)8-25(23,24)19-15(22)9-1-2-13(7-20)18-6-9/h1-6,14,20-21H,7-8H2,(H,19,22). The first-order chi connectivity index (χ1) is 11.7. The fraction of sp³-hybridized carbons (Fsp3) is 0.200. The number of carbonyl (C=O) groups excluding carboxylic acids is 1. The van der Waals surface area contributed by atoms with Crippen molar-refractivity contribution in [2.24, 2.45) is 0 Å². The number of hydrogen-bond donors (Lipinski definition) is 3. The van der Waals surface area contributed by atoms with Crippen LogP contribution in [0.2, 0.25) is 10.0 Å². The topological polar surface area (TPSA) is 117 Å². The second-order valence-corrected chi connectivity index (χ2v) is 7.77. The van der Waals surface area contributed by atoms with E-state index < -0.39 is 27.8 Å². The number of halogens is 2. The SMILES string of the molecule is O=C(NS(=O)(=O)CC(O)c1cc(Cl)cc(Cl)c1)c1ccc(CO)nc1. The largest absolute Gasteiger partial charge is 0.390 e. The van der Waals surface area contributed by atoms with E-state index in [0.29, 0.717) is 5.69 Å². The van der Waals surface area contributed by atoms with Gasteiger partial charge in [-0.05, 0) is 35.9 Å². The molecule has 3 N–H and O–H groups in total. The van der Waals surface area contributed by atoms with Gasteiger partial charge in [0.1, 0.15) is 0 Å². The lowest BCUT2D eigenvalue weighted by atomic mass is 10.1. The third-order valence-corrected chi connectivity index (χ3v) is 4.83. The summed E-state index contributed by atoms with van der Waals surface area (Å²) in [5.41, 5.74) is 0.554. The van der Waals surface area contributed by atoms with Gasteiger partial charge < -0.3 is 10.2 Å². The summed E-state index contributed by atoms with van der Waals surface area (Å²) in [5, 5.41) is 19.5. The molecule has 134 valence electrons. The van der Waals surface area contributed by atoms with Crippen LogP contribution in [-0.4, -0.2) is 35.3 Å². The third kappa shape index (κ3) is 5.65. The molecule has 7 nitrogen and oxygen atoms in total. The van der Waals surface area contributed by atoms with Crippen molar-refractivity contribution < 1.29 is 23.4 Å². The number of rotatable bonds is 6. The summed E-state index contributed by atoms with van der Waals surface area (Å²) in [6.07, 6.45) is -0.278. The molecule has 10 heteroatoms. The Morgan fingerprint density at radius 1 is 1.20 bits per heavy atom. The van der Waals surface area contributed by atoms with Crippen LogP contribution in [0.4, 0.5) is 0 Å². The molecule has 0 saturated carbocycles. The summed E-state index contributed by atoms with van der Waals surface area (Å²) in [6, 6.07) is 6.93. The summed E-state index contributed by atoms with van der Waals surface area (Å²) >= 11 is 11.6. The highest BCUT2D eigenvalue weighted by Gasteiger charge is 2.22. The summed E-state index contributed by atoms with van der Waals surface area (Å²) < 4.78 is 26.0. The average molecular weight is 405 g/mol. The number of nitrogens with one attached hydrogen (secondary N) is 1. The average Bonchev–Trinajstić information content (AvgIpc) is 2.53. The quantitative estimate of drug-likeness (QED) is 0.673. The van der Waals surface area contributed by atoms with Crippen LogP contribution in [0.15, 0.2) is 36.5 Å². The second-order valence-electron chi connectivity index (χ2n) is 5.13. The second kappa shape index (κ2) is 8.11. The van der Waals surface area contributed by atoms with Crippen LogP contribution < -0.4 is 4.72 Å². The minimum absolute atomic E-state index is 0.000986. The normalized spacial score (nSPS) is 12.6. The minimum Gasteiger partial charge on any atom is -0.390 e. The minimum atomic E-state index is -4.13. The van der Waals surface area contributed by atoms with Crippen LogP contribution in [0.25, 0.3) is 0 Å². The molecule has 0 bridgehead atoms. The fourth-order valence-electron chi connectivity index (χ4n) is 1.97. The van der Waals surface area contributed by atoms with E-state index in [-0.39, 0.29) is 27.8 Å². The van der Waals surface area contributed by atoms with Crippen LogP contribution in [0, 0.1) is 0 Å². The smallest absolute Gasteiger partial charge is 0.266 e. The molecule has 0 aliphatic carbocycles. The highest BCUT2D eigenvalue weighted by molar-refractivity contribution is 7.90. The predicted octanol–water partition coefficient (Wildman–Crippen LogP) is 1.67. The molecule has 1 aromatic heterocycles. The number of sulfonamides is 1. The number of aliphatic hydroxyl groups excluding tert-OH is 2.